The lowest BCUT2D eigenvalue weighted by Gasteiger charge is -2.11. The highest BCUT2D eigenvalue weighted by Crippen LogP contribution is 2.21. The molecule has 0 unspecified atom stereocenters. The fourth-order valence-electron chi connectivity index (χ4n) is 1.52. The molecule has 2 aromatic rings. The summed E-state index contributed by atoms with van der Waals surface area (Å²) < 4.78 is 26.6. The Bertz CT molecular complexity index is 636. The van der Waals surface area contributed by atoms with Crippen molar-refractivity contribution in [3.8, 4) is 0 Å². The highest BCUT2D eigenvalue weighted by molar-refractivity contribution is 7.92. The van der Waals surface area contributed by atoms with Gasteiger partial charge in [-0.15, -0.1) is 0 Å². The number of aromatic nitrogens is 3. The topological polar surface area (TPSA) is 84.8 Å². The molecule has 7 heteroatoms. The molecule has 1 N–H and O–H groups in total. The molecule has 0 spiro atoms. The van der Waals surface area contributed by atoms with Gasteiger partial charge in [-0.2, -0.15) is 8.42 Å². The van der Waals surface area contributed by atoms with Crippen LogP contribution in [0.15, 0.2) is 36.0 Å². The Morgan fingerprint density at radius 2 is 1.61 bits per heavy atom. The minimum Gasteiger partial charge on any atom is -0.276 e. The second kappa shape index (κ2) is 4.69. The molecule has 0 aliphatic carbocycles. The fraction of sp³-hybridized carbons (Fsp3) is 0.182. The lowest BCUT2D eigenvalue weighted by atomic mass is 10.1. The Kier molecular flexibility index (Phi) is 3.24. The predicted octanol–water partition coefficient (Wildman–Crippen LogP) is 1.29. The molecule has 0 radical (unpaired) electrons. The third kappa shape index (κ3) is 2.45. The minimum absolute atomic E-state index is 0.292. The molecule has 18 heavy (non-hydrogen) atoms. The summed E-state index contributed by atoms with van der Waals surface area (Å²) >= 11 is 0. The zero-order valence-corrected chi connectivity index (χ0v) is 10.8. The molecule has 0 amide bonds. The predicted molar refractivity (Wildman–Crippen MR) is 66.6 cm³/mol. The highest BCUT2D eigenvalue weighted by Gasteiger charge is 2.19. The number of hydrogen-bond acceptors (Lipinski definition) is 5. The van der Waals surface area contributed by atoms with Crippen molar-refractivity contribution in [3.63, 3.8) is 0 Å². The number of benzene rings is 1. The van der Waals surface area contributed by atoms with Crippen LogP contribution in [-0.2, 0) is 10.0 Å². The maximum atomic E-state index is 12.0. The smallest absolute Gasteiger partial charge is 0.276 e. The maximum Gasteiger partial charge on any atom is 0.297 e. The first-order valence-electron chi connectivity index (χ1n) is 5.22. The third-order valence-electron chi connectivity index (χ3n) is 2.43. The highest BCUT2D eigenvalue weighted by atomic mass is 32.2. The molecule has 0 saturated carbocycles. The molecule has 0 atom stereocenters. The summed E-state index contributed by atoms with van der Waals surface area (Å²) in [5.41, 5.74) is 2.23. The molecule has 94 valence electrons. The molecule has 0 saturated heterocycles. The van der Waals surface area contributed by atoms with E-state index in [0.717, 1.165) is 23.8 Å². The standard InChI is InChI=1S/C11H12N4O2S/c1-8-4-3-5-9(2)10(8)15-18(16,17)11-13-6-12-7-14-11/h3-7,15H,1-2H3. The molecule has 0 bridgehead atoms. The summed E-state index contributed by atoms with van der Waals surface area (Å²) in [4.78, 5) is 10.9. The van der Waals surface area contributed by atoms with Crippen molar-refractivity contribution in [3.05, 3.63) is 42.0 Å². The second-order valence-corrected chi connectivity index (χ2v) is 5.37. The largest absolute Gasteiger partial charge is 0.297 e. The van der Waals surface area contributed by atoms with Crippen molar-refractivity contribution >= 4 is 15.7 Å². The average Bonchev–Trinajstić information content (AvgIpc) is 2.35. The Balaban J connectivity index is 2.41. The quantitative estimate of drug-likeness (QED) is 0.902. The van der Waals surface area contributed by atoms with Gasteiger partial charge in [0, 0.05) is 0 Å². The van der Waals surface area contributed by atoms with E-state index >= 15 is 0 Å². The molecule has 2 rings (SSSR count). The monoisotopic (exact) mass is 264 g/mol. The third-order valence-corrected chi connectivity index (χ3v) is 3.59. The number of aryl methyl sites for hydroxylation is 2. The molecule has 1 heterocycles. The second-order valence-electron chi connectivity index (χ2n) is 3.79. The molecule has 6 nitrogen and oxygen atoms in total. The summed E-state index contributed by atoms with van der Waals surface area (Å²) in [5.74, 6) is 0. The van der Waals surface area contributed by atoms with Gasteiger partial charge in [0.15, 0.2) is 0 Å². The van der Waals surface area contributed by atoms with Gasteiger partial charge >= 0.3 is 0 Å². The van der Waals surface area contributed by atoms with Crippen LogP contribution in [0.3, 0.4) is 0 Å². The molecular formula is C11H12N4O2S. The number of hydrogen-bond donors (Lipinski definition) is 1. The van der Waals surface area contributed by atoms with Crippen molar-refractivity contribution in [1.29, 1.82) is 0 Å². The zero-order valence-electron chi connectivity index (χ0n) is 9.95. The van der Waals surface area contributed by atoms with Gasteiger partial charge < -0.3 is 0 Å². The lowest BCUT2D eigenvalue weighted by molar-refractivity contribution is 0.591. The molecule has 0 aliphatic heterocycles. The van der Waals surface area contributed by atoms with Crippen molar-refractivity contribution in [1.82, 2.24) is 15.0 Å². The van der Waals surface area contributed by atoms with Crippen molar-refractivity contribution in [2.75, 3.05) is 4.72 Å². The average molecular weight is 264 g/mol. The van der Waals surface area contributed by atoms with E-state index in [4.69, 9.17) is 0 Å². The van der Waals surface area contributed by atoms with E-state index in [-0.39, 0.29) is 5.16 Å². The Labute approximate surface area is 105 Å². The lowest BCUT2D eigenvalue weighted by Crippen LogP contribution is -2.17. The number of nitrogens with one attached hydrogen (secondary N) is 1. The first-order valence-corrected chi connectivity index (χ1v) is 6.70. The van der Waals surface area contributed by atoms with Crippen LogP contribution in [0.4, 0.5) is 5.69 Å². The van der Waals surface area contributed by atoms with Crippen LogP contribution in [0.25, 0.3) is 0 Å². The van der Waals surface area contributed by atoms with Crippen LogP contribution < -0.4 is 4.72 Å². The van der Waals surface area contributed by atoms with Crippen molar-refractivity contribution < 1.29 is 8.42 Å². The summed E-state index contributed by atoms with van der Waals surface area (Å²) in [7, 11) is -3.77. The Hall–Kier alpha value is -2.02. The van der Waals surface area contributed by atoms with Crippen LogP contribution in [0.1, 0.15) is 11.1 Å². The molecule has 0 fully saturated rings. The van der Waals surface area contributed by atoms with Gasteiger partial charge in [-0.05, 0) is 25.0 Å². The van der Waals surface area contributed by atoms with Gasteiger partial charge in [-0.1, -0.05) is 18.2 Å². The van der Waals surface area contributed by atoms with E-state index in [9.17, 15) is 8.42 Å². The molecule has 1 aromatic heterocycles. The van der Waals surface area contributed by atoms with E-state index in [1.165, 1.54) is 0 Å². The van der Waals surface area contributed by atoms with Gasteiger partial charge in [0.1, 0.15) is 12.7 Å². The van der Waals surface area contributed by atoms with Crippen LogP contribution >= 0.6 is 0 Å². The maximum absolute atomic E-state index is 12.0. The first kappa shape index (κ1) is 12.4. The summed E-state index contributed by atoms with van der Waals surface area (Å²) in [6.07, 6.45) is 2.29. The molecular weight excluding hydrogens is 252 g/mol. The van der Waals surface area contributed by atoms with Crippen LogP contribution in [0.2, 0.25) is 0 Å². The number of para-hydroxylation sites is 1. The van der Waals surface area contributed by atoms with E-state index in [1.54, 1.807) is 0 Å². The minimum atomic E-state index is -3.77. The number of nitrogens with zero attached hydrogens (tertiary/aromatic N) is 3. The van der Waals surface area contributed by atoms with E-state index in [0.29, 0.717) is 5.69 Å². The van der Waals surface area contributed by atoms with Crippen molar-refractivity contribution in [2.45, 2.75) is 19.0 Å². The van der Waals surface area contributed by atoms with Crippen LogP contribution in [-0.4, -0.2) is 23.4 Å². The van der Waals surface area contributed by atoms with Gasteiger partial charge in [0.25, 0.3) is 15.2 Å². The number of sulfonamides is 1. The molecule has 1 aromatic carbocycles. The van der Waals surface area contributed by atoms with Crippen molar-refractivity contribution in [2.24, 2.45) is 0 Å². The Morgan fingerprint density at radius 1 is 1.06 bits per heavy atom. The summed E-state index contributed by atoms with van der Waals surface area (Å²) in [6.45, 7) is 3.66. The number of anilines is 1. The Morgan fingerprint density at radius 3 is 2.17 bits per heavy atom. The van der Waals surface area contributed by atoms with Gasteiger partial charge in [-0.25, -0.2) is 15.0 Å². The van der Waals surface area contributed by atoms with Crippen LogP contribution in [0.5, 0.6) is 0 Å². The normalized spacial score (nSPS) is 11.2. The molecule has 0 aliphatic rings. The van der Waals surface area contributed by atoms with Crippen LogP contribution in [0, 0.1) is 13.8 Å². The van der Waals surface area contributed by atoms with E-state index < -0.39 is 10.0 Å². The van der Waals surface area contributed by atoms with E-state index in [1.807, 2.05) is 32.0 Å². The van der Waals surface area contributed by atoms with Gasteiger partial charge in [0.2, 0.25) is 0 Å². The van der Waals surface area contributed by atoms with E-state index in [2.05, 4.69) is 19.7 Å². The van der Waals surface area contributed by atoms with Gasteiger partial charge in [-0.3, -0.25) is 4.72 Å². The first-order chi connectivity index (χ1) is 8.50. The SMILES string of the molecule is Cc1cccc(C)c1NS(=O)(=O)c1ncncn1. The van der Waals surface area contributed by atoms with Gasteiger partial charge in [0.05, 0.1) is 5.69 Å². The summed E-state index contributed by atoms with van der Waals surface area (Å²) in [5, 5.41) is -0.292. The fourth-order valence-corrected chi connectivity index (χ4v) is 2.58. The summed E-state index contributed by atoms with van der Waals surface area (Å²) in [6, 6.07) is 5.53. The number of rotatable bonds is 3. The zero-order chi connectivity index (χ0) is 13.2.